The normalized spacial score (nSPS) is 37.7. The minimum atomic E-state index is -0.405. The number of ether oxygens (including phenoxy) is 1. The van der Waals surface area contributed by atoms with Gasteiger partial charge in [-0.2, -0.15) is 0 Å². The van der Waals surface area contributed by atoms with Crippen molar-refractivity contribution in [2.24, 2.45) is 11.8 Å². The summed E-state index contributed by atoms with van der Waals surface area (Å²) in [4.78, 5) is 14.6. The molecule has 2 saturated carbocycles. The lowest BCUT2D eigenvalue weighted by atomic mass is 9.78. The third-order valence-corrected chi connectivity index (χ3v) is 5.78. The van der Waals surface area contributed by atoms with Crippen LogP contribution < -0.4 is 5.32 Å². The maximum atomic E-state index is 12.6. The number of likely N-dealkylation sites (tertiary alicyclic amines) is 1. The molecule has 1 aliphatic heterocycles. The number of amides is 1. The van der Waals surface area contributed by atoms with Gasteiger partial charge in [-0.1, -0.05) is 19.8 Å². The zero-order valence-electron chi connectivity index (χ0n) is 15.3. The minimum Gasteiger partial charge on any atom is -0.444 e. The van der Waals surface area contributed by atoms with Gasteiger partial charge in [0.1, 0.15) is 5.60 Å². The highest BCUT2D eigenvalue weighted by molar-refractivity contribution is 5.69. The highest BCUT2D eigenvalue weighted by Gasteiger charge is 2.43. The fourth-order valence-electron chi connectivity index (χ4n) is 4.44. The van der Waals surface area contributed by atoms with Crippen LogP contribution in [0.15, 0.2) is 0 Å². The van der Waals surface area contributed by atoms with E-state index in [0.29, 0.717) is 18.0 Å². The molecule has 0 radical (unpaired) electrons. The van der Waals surface area contributed by atoms with Gasteiger partial charge in [-0.25, -0.2) is 4.79 Å². The Morgan fingerprint density at radius 3 is 2.43 bits per heavy atom. The number of carbonyl (C=O) groups excluding carboxylic acids is 1. The van der Waals surface area contributed by atoms with Crippen LogP contribution in [0.4, 0.5) is 4.79 Å². The highest BCUT2D eigenvalue weighted by Crippen LogP contribution is 2.38. The van der Waals surface area contributed by atoms with E-state index in [1.165, 1.54) is 32.1 Å². The van der Waals surface area contributed by atoms with Gasteiger partial charge in [-0.15, -0.1) is 0 Å². The first-order chi connectivity index (χ1) is 10.8. The van der Waals surface area contributed by atoms with Crippen LogP contribution >= 0.6 is 0 Å². The maximum absolute atomic E-state index is 12.6. The van der Waals surface area contributed by atoms with E-state index in [1.54, 1.807) is 0 Å². The second-order valence-corrected chi connectivity index (χ2v) is 8.92. The quantitative estimate of drug-likeness (QED) is 0.855. The van der Waals surface area contributed by atoms with Crippen LogP contribution in [0.2, 0.25) is 0 Å². The zero-order chi connectivity index (χ0) is 16.6. The molecule has 1 N–H and O–H groups in total. The van der Waals surface area contributed by atoms with Gasteiger partial charge in [0.05, 0.1) is 0 Å². The van der Waals surface area contributed by atoms with Crippen LogP contribution in [0.3, 0.4) is 0 Å². The van der Waals surface area contributed by atoms with E-state index in [4.69, 9.17) is 4.74 Å². The predicted octanol–water partition coefficient (Wildman–Crippen LogP) is 3.94. The van der Waals surface area contributed by atoms with Crippen LogP contribution in [0.5, 0.6) is 0 Å². The minimum absolute atomic E-state index is 0.107. The molecule has 3 aliphatic rings. The lowest BCUT2D eigenvalue weighted by Gasteiger charge is -2.40. The van der Waals surface area contributed by atoms with E-state index < -0.39 is 5.60 Å². The summed E-state index contributed by atoms with van der Waals surface area (Å²) < 4.78 is 5.66. The van der Waals surface area contributed by atoms with E-state index in [0.717, 1.165) is 31.3 Å². The second kappa shape index (κ2) is 6.62. The number of nitrogens with zero attached hydrogens (tertiary/aromatic N) is 1. The van der Waals surface area contributed by atoms with Gasteiger partial charge < -0.3 is 15.0 Å². The van der Waals surface area contributed by atoms with Crippen molar-refractivity contribution in [3.63, 3.8) is 0 Å². The van der Waals surface area contributed by atoms with Crippen molar-refractivity contribution in [3.05, 3.63) is 0 Å². The van der Waals surface area contributed by atoms with Crippen LogP contribution in [0.1, 0.15) is 72.6 Å². The Kier molecular flexibility index (Phi) is 4.91. The molecule has 1 amide bonds. The van der Waals surface area contributed by atoms with Gasteiger partial charge >= 0.3 is 6.09 Å². The van der Waals surface area contributed by atoms with E-state index in [2.05, 4.69) is 12.2 Å². The zero-order valence-corrected chi connectivity index (χ0v) is 15.3. The molecule has 0 aromatic rings. The second-order valence-electron chi connectivity index (χ2n) is 8.92. The molecule has 0 aromatic carbocycles. The monoisotopic (exact) mass is 322 g/mol. The Bertz CT molecular complexity index is 432. The summed E-state index contributed by atoms with van der Waals surface area (Å²) in [7, 11) is 0. The van der Waals surface area contributed by atoms with Gasteiger partial charge in [0.2, 0.25) is 0 Å². The summed E-state index contributed by atoms with van der Waals surface area (Å²) in [6.45, 7) is 9.06. The van der Waals surface area contributed by atoms with Crippen molar-refractivity contribution in [1.82, 2.24) is 10.2 Å². The lowest BCUT2D eigenvalue weighted by Crippen LogP contribution is -2.51. The molecule has 1 saturated heterocycles. The first kappa shape index (κ1) is 17.1. The Hall–Kier alpha value is -0.770. The van der Waals surface area contributed by atoms with Gasteiger partial charge in [-0.3, -0.25) is 0 Å². The average Bonchev–Trinajstić information content (AvgIpc) is 2.98. The number of nitrogens with one attached hydrogen (secondary N) is 1. The highest BCUT2D eigenvalue weighted by atomic mass is 16.6. The topological polar surface area (TPSA) is 41.6 Å². The van der Waals surface area contributed by atoms with Crippen molar-refractivity contribution in [2.45, 2.75) is 96.4 Å². The fourth-order valence-corrected chi connectivity index (χ4v) is 4.44. The molecule has 3 rings (SSSR count). The smallest absolute Gasteiger partial charge is 0.410 e. The van der Waals surface area contributed by atoms with E-state index >= 15 is 0 Å². The number of hydrogen-bond donors (Lipinski definition) is 1. The molecule has 5 atom stereocenters. The largest absolute Gasteiger partial charge is 0.444 e. The Morgan fingerprint density at radius 2 is 1.78 bits per heavy atom. The molecular formula is C19H34N2O2. The molecule has 2 aliphatic carbocycles. The molecule has 5 unspecified atom stereocenters. The number of carbonyl (C=O) groups is 1. The summed E-state index contributed by atoms with van der Waals surface area (Å²) >= 11 is 0. The Balaban J connectivity index is 1.65. The van der Waals surface area contributed by atoms with Gasteiger partial charge in [0, 0.05) is 24.7 Å². The van der Waals surface area contributed by atoms with Gasteiger partial charge in [0.25, 0.3) is 0 Å². The van der Waals surface area contributed by atoms with Crippen LogP contribution in [0, 0.1) is 11.8 Å². The van der Waals surface area contributed by atoms with Crippen LogP contribution in [-0.4, -0.2) is 41.3 Å². The number of hydrogen-bond acceptors (Lipinski definition) is 3. The maximum Gasteiger partial charge on any atom is 0.410 e. The van der Waals surface area contributed by atoms with E-state index in [-0.39, 0.29) is 6.09 Å². The van der Waals surface area contributed by atoms with E-state index in [9.17, 15) is 4.79 Å². The summed E-state index contributed by atoms with van der Waals surface area (Å²) in [5, 5.41) is 3.90. The molecule has 132 valence electrons. The summed E-state index contributed by atoms with van der Waals surface area (Å²) in [6.07, 6.45) is 8.63. The summed E-state index contributed by atoms with van der Waals surface area (Å²) in [5.74, 6) is 1.44. The molecule has 0 bridgehead atoms. The molecular weight excluding hydrogens is 288 g/mol. The third-order valence-electron chi connectivity index (χ3n) is 5.78. The Morgan fingerprint density at radius 1 is 1.09 bits per heavy atom. The summed E-state index contributed by atoms with van der Waals surface area (Å²) in [5.41, 5.74) is -0.405. The lowest BCUT2D eigenvalue weighted by molar-refractivity contribution is 0.0132. The molecule has 4 heteroatoms. The average molecular weight is 322 g/mol. The molecule has 1 heterocycles. The van der Waals surface area contributed by atoms with Crippen molar-refractivity contribution >= 4 is 6.09 Å². The summed E-state index contributed by atoms with van der Waals surface area (Å²) in [6, 6.07) is 1.68. The van der Waals surface area contributed by atoms with E-state index in [1.807, 2.05) is 25.7 Å². The van der Waals surface area contributed by atoms with Crippen molar-refractivity contribution in [2.75, 3.05) is 6.54 Å². The first-order valence-corrected chi connectivity index (χ1v) is 9.61. The third kappa shape index (κ3) is 4.20. The van der Waals surface area contributed by atoms with Gasteiger partial charge in [0.15, 0.2) is 0 Å². The van der Waals surface area contributed by atoms with Crippen LogP contribution in [-0.2, 0) is 4.74 Å². The molecule has 4 nitrogen and oxygen atoms in total. The van der Waals surface area contributed by atoms with Crippen molar-refractivity contribution in [1.29, 1.82) is 0 Å². The molecule has 23 heavy (non-hydrogen) atoms. The van der Waals surface area contributed by atoms with Crippen molar-refractivity contribution < 1.29 is 9.53 Å². The number of rotatable bonds is 3. The Labute approximate surface area is 141 Å². The van der Waals surface area contributed by atoms with Crippen molar-refractivity contribution in [3.8, 4) is 0 Å². The SMILES string of the molecule is CC1CC1NC1CCCCC1C1CCCN1C(=O)OC(C)(C)C. The molecule has 0 spiro atoms. The van der Waals surface area contributed by atoms with Crippen LogP contribution in [0.25, 0.3) is 0 Å². The standard InChI is InChI=1S/C19H34N2O2/c1-13-12-16(13)20-15-9-6-5-8-14(15)17-10-7-11-21(17)18(22)23-19(2,3)4/h13-17,20H,5-12H2,1-4H3. The predicted molar refractivity (Wildman–Crippen MR) is 92.4 cm³/mol. The fraction of sp³-hybridized carbons (Fsp3) is 0.947. The van der Waals surface area contributed by atoms with Gasteiger partial charge in [-0.05, 0) is 64.7 Å². The molecule has 0 aromatic heterocycles. The first-order valence-electron chi connectivity index (χ1n) is 9.61. The molecule has 3 fully saturated rings.